The summed E-state index contributed by atoms with van der Waals surface area (Å²) in [7, 11) is 0. The average molecular weight is 382 g/mol. The van der Waals surface area contributed by atoms with E-state index in [0.717, 1.165) is 29.7 Å². The summed E-state index contributed by atoms with van der Waals surface area (Å²) in [6.45, 7) is 2.94. The minimum atomic E-state index is 0.000597. The number of nitrogens with zero attached hydrogens (tertiary/aromatic N) is 3. The highest BCUT2D eigenvalue weighted by Gasteiger charge is 2.22. The zero-order valence-electron chi connectivity index (χ0n) is 14.8. The summed E-state index contributed by atoms with van der Waals surface area (Å²) in [4.78, 5) is 21.1. The lowest BCUT2D eigenvalue weighted by atomic mass is 10.1. The average Bonchev–Trinajstić information content (AvgIpc) is 2.73. The minimum absolute atomic E-state index is 0.000597. The zero-order valence-corrected chi connectivity index (χ0v) is 15.6. The number of pyridine rings is 1. The van der Waals surface area contributed by atoms with Gasteiger partial charge in [0.1, 0.15) is 5.75 Å². The van der Waals surface area contributed by atoms with Crippen LogP contribution in [0.2, 0.25) is 5.02 Å². The van der Waals surface area contributed by atoms with Gasteiger partial charge in [-0.05, 0) is 36.4 Å². The molecule has 2 aromatic carbocycles. The summed E-state index contributed by atoms with van der Waals surface area (Å²) in [6.07, 6.45) is 1.82. The first-order valence-electron chi connectivity index (χ1n) is 8.95. The summed E-state index contributed by atoms with van der Waals surface area (Å²) >= 11 is 5.86. The fourth-order valence-electron chi connectivity index (χ4n) is 3.31. The van der Waals surface area contributed by atoms with Crippen molar-refractivity contribution in [2.24, 2.45) is 0 Å². The Kier molecular flexibility index (Phi) is 5.12. The molecule has 1 aliphatic rings. The van der Waals surface area contributed by atoms with E-state index in [-0.39, 0.29) is 12.5 Å². The largest absolute Gasteiger partial charge is 0.484 e. The van der Waals surface area contributed by atoms with Crippen LogP contribution in [0.4, 0.5) is 5.69 Å². The molecule has 27 heavy (non-hydrogen) atoms. The van der Waals surface area contributed by atoms with Crippen molar-refractivity contribution in [3.63, 3.8) is 0 Å². The number of benzene rings is 2. The first-order chi connectivity index (χ1) is 13.2. The summed E-state index contributed by atoms with van der Waals surface area (Å²) < 4.78 is 5.57. The molecule has 0 saturated carbocycles. The number of carbonyl (C=O) groups excluding carboxylic acids is 1. The molecule has 1 fully saturated rings. The van der Waals surface area contributed by atoms with Gasteiger partial charge < -0.3 is 14.5 Å². The Balaban J connectivity index is 1.35. The Bertz CT molecular complexity index is 932. The highest BCUT2D eigenvalue weighted by atomic mass is 35.5. The van der Waals surface area contributed by atoms with E-state index < -0.39 is 0 Å². The third-order valence-corrected chi connectivity index (χ3v) is 5.01. The summed E-state index contributed by atoms with van der Waals surface area (Å²) in [5.74, 6) is 0.647. The molecule has 0 spiro atoms. The molecular weight excluding hydrogens is 362 g/mol. The predicted molar refractivity (Wildman–Crippen MR) is 107 cm³/mol. The first-order valence-corrected chi connectivity index (χ1v) is 9.33. The van der Waals surface area contributed by atoms with Crippen LogP contribution in [0, 0.1) is 0 Å². The second kappa shape index (κ2) is 7.84. The number of anilines is 1. The number of hydrogen-bond acceptors (Lipinski definition) is 4. The van der Waals surface area contributed by atoms with Gasteiger partial charge in [-0.3, -0.25) is 9.78 Å². The van der Waals surface area contributed by atoms with E-state index in [0.29, 0.717) is 23.9 Å². The molecule has 1 aliphatic heterocycles. The molecule has 138 valence electrons. The number of ether oxygens (including phenoxy) is 1. The molecule has 0 unspecified atom stereocenters. The van der Waals surface area contributed by atoms with Gasteiger partial charge in [0, 0.05) is 42.8 Å². The van der Waals surface area contributed by atoms with E-state index in [9.17, 15) is 4.79 Å². The van der Waals surface area contributed by atoms with Gasteiger partial charge in [-0.15, -0.1) is 0 Å². The number of amides is 1. The number of fused-ring (bicyclic) bond motifs is 1. The molecular formula is C21H20ClN3O2. The number of carbonyl (C=O) groups is 1. The maximum absolute atomic E-state index is 12.4. The number of rotatable bonds is 4. The van der Waals surface area contributed by atoms with Crippen molar-refractivity contribution in [1.82, 2.24) is 9.88 Å². The number of para-hydroxylation sites is 1. The number of aromatic nitrogens is 1. The van der Waals surface area contributed by atoms with Crippen LogP contribution in [0.5, 0.6) is 5.75 Å². The molecule has 2 heterocycles. The van der Waals surface area contributed by atoms with Crippen LogP contribution in [-0.4, -0.2) is 48.6 Å². The van der Waals surface area contributed by atoms with Crippen LogP contribution in [0.3, 0.4) is 0 Å². The van der Waals surface area contributed by atoms with Crippen LogP contribution < -0.4 is 9.64 Å². The van der Waals surface area contributed by atoms with Gasteiger partial charge in [-0.1, -0.05) is 29.8 Å². The van der Waals surface area contributed by atoms with E-state index in [2.05, 4.69) is 34.1 Å². The van der Waals surface area contributed by atoms with Gasteiger partial charge >= 0.3 is 0 Å². The standard InChI is InChI=1S/C21H20ClN3O2/c22-17-6-8-18(9-7-17)27-15-20(26)25-13-11-24(12-14-25)19-5-1-3-16-4-2-10-23-21(16)19/h1-10H,11-15H2. The molecule has 3 aromatic rings. The highest BCUT2D eigenvalue weighted by Crippen LogP contribution is 2.25. The lowest BCUT2D eigenvalue weighted by Gasteiger charge is -2.36. The molecule has 0 bridgehead atoms. The van der Waals surface area contributed by atoms with Gasteiger partial charge in [0.05, 0.1) is 11.2 Å². The molecule has 0 radical (unpaired) electrons. The zero-order chi connectivity index (χ0) is 18.6. The smallest absolute Gasteiger partial charge is 0.260 e. The Morgan fingerprint density at radius 2 is 1.74 bits per heavy atom. The van der Waals surface area contributed by atoms with Crippen molar-refractivity contribution in [3.05, 3.63) is 65.8 Å². The summed E-state index contributed by atoms with van der Waals surface area (Å²) in [6, 6.07) is 17.3. The number of halogens is 1. The van der Waals surface area contributed by atoms with Crippen LogP contribution >= 0.6 is 11.6 Å². The van der Waals surface area contributed by atoms with E-state index >= 15 is 0 Å². The molecule has 5 nitrogen and oxygen atoms in total. The van der Waals surface area contributed by atoms with Crippen LogP contribution in [0.1, 0.15) is 0 Å². The first kappa shape index (κ1) is 17.6. The Morgan fingerprint density at radius 1 is 1.00 bits per heavy atom. The molecule has 1 aromatic heterocycles. The Hall–Kier alpha value is -2.79. The fourth-order valence-corrected chi connectivity index (χ4v) is 3.43. The monoisotopic (exact) mass is 381 g/mol. The lowest BCUT2D eigenvalue weighted by Crippen LogP contribution is -2.50. The van der Waals surface area contributed by atoms with Crippen molar-refractivity contribution in [1.29, 1.82) is 0 Å². The molecule has 1 amide bonds. The quantitative estimate of drug-likeness (QED) is 0.692. The Morgan fingerprint density at radius 3 is 2.52 bits per heavy atom. The second-order valence-electron chi connectivity index (χ2n) is 6.46. The van der Waals surface area contributed by atoms with E-state index in [1.165, 1.54) is 0 Å². The second-order valence-corrected chi connectivity index (χ2v) is 6.90. The molecule has 1 saturated heterocycles. The maximum Gasteiger partial charge on any atom is 0.260 e. The van der Waals surface area contributed by atoms with Crippen molar-refractivity contribution < 1.29 is 9.53 Å². The highest BCUT2D eigenvalue weighted by molar-refractivity contribution is 6.30. The summed E-state index contributed by atoms with van der Waals surface area (Å²) in [5, 5.41) is 1.78. The SMILES string of the molecule is O=C(COc1ccc(Cl)cc1)N1CCN(c2cccc3cccnc23)CC1. The fraction of sp³-hybridized carbons (Fsp3) is 0.238. The van der Waals surface area contributed by atoms with Crippen molar-refractivity contribution in [2.45, 2.75) is 0 Å². The van der Waals surface area contributed by atoms with Gasteiger partial charge in [-0.2, -0.15) is 0 Å². The number of hydrogen-bond donors (Lipinski definition) is 0. The van der Waals surface area contributed by atoms with Crippen LogP contribution in [0.25, 0.3) is 10.9 Å². The molecule has 6 heteroatoms. The van der Waals surface area contributed by atoms with Gasteiger partial charge in [0.2, 0.25) is 0 Å². The van der Waals surface area contributed by atoms with Crippen molar-refractivity contribution in [2.75, 3.05) is 37.7 Å². The van der Waals surface area contributed by atoms with Gasteiger partial charge in [0.25, 0.3) is 5.91 Å². The molecule has 0 N–H and O–H groups in total. The molecule has 0 aliphatic carbocycles. The third-order valence-electron chi connectivity index (χ3n) is 4.76. The van der Waals surface area contributed by atoms with E-state index in [1.54, 1.807) is 24.3 Å². The molecule has 4 rings (SSSR count). The van der Waals surface area contributed by atoms with Gasteiger partial charge in [-0.25, -0.2) is 0 Å². The lowest BCUT2D eigenvalue weighted by molar-refractivity contribution is -0.133. The van der Waals surface area contributed by atoms with E-state index in [4.69, 9.17) is 16.3 Å². The summed E-state index contributed by atoms with van der Waals surface area (Å²) in [5.41, 5.74) is 2.13. The third kappa shape index (κ3) is 3.98. The van der Waals surface area contributed by atoms with Gasteiger partial charge in [0.15, 0.2) is 6.61 Å². The molecule has 0 atom stereocenters. The Labute approximate surface area is 163 Å². The predicted octanol–water partition coefficient (Wildman–Crippen LogP) is 3.62. The van der Waals surface area contributed by atoms with Crippen molar-refractivity contribution in [3.8, 4) is 5.75 Å². The topological polar surface area (TPSA) is 45.7 Å². The van der Waals surface area contributed by atoms with Crippen LogP contribution in [-0.2, 0) is 4.79 Å². The van der Waals surface area contributed by atoms with Crippen molar-refractivity contribution >= 4 is 34.1 Å². The maximum atomic E-state index is 12.4. The minimum Gasteiger partial charge on any atom is -0.484 e. The van der Waals surface area contributed by atoms with E-state index in [1.807, 2.05) is 17.2 Å². The normalized spacial score (nSPS) is 14.4. The number of piperazine rings is 1. The van der Waals surface area contributed by atoms with Crippen LogP contribution in [0.15, 0.2) is 60.8 Å².